The molecule has 1 aliphatic carbocycles. The van der Waals surface area contributed by atoms with Gasteiger partial charge in [-0.1, -0.05) is 12.8 Å². The van der Waals surface area contributed by atoms with Gasteiger partial charge in [0.25, 0.3) is 5.56 Å². The highest BCUT2D eigenvalue weighted by molar-refractivity contribution is 7.09. The van der Waals surface area contributed by atoms with Gasteiger partial charge in [-0.3, -0.25) is 4.79 Å². The fraction of sp³-hybridized carbons (Fsp3) is 0.462. The highest BCUT2D eigenvalue weighted by atomic mass is 32.1. The summed E-state index contributed by atoms with van der Waals surface area (Å²) in [7, 11) is 0. The number of thiazole rings is 1. The van der Waals surface area contributed by atoms with Crippen LogP contribution in [-0.4, -0.2) is 15.0 Å². The van der Waals surface area contributed by atoms with Crippen molar-refractivity contribution in [2.75, 3.05) is 0 Å². The molecule has 0 spiro atoms. The van der Waals surface area contributed by atoms with Gasteiger partial charge >= 0.3 is 0 Å². The van der Waals surface area contributed by atoms with Gasteiger partial charge in [0.1, 0.15) is 5.69 Å². The van der Waals surface area contributed by atoms with Crippen molar-refractivity contribution in [3.05, 3.63) is 32.5 Å². The molecule has 2 aromatic rings. The summed E-state index contributed by atoms with van der Waals surface area (Å²) in [6, 6.07) is 1.64. The van der Waals surface area contributed by atoms with Crippen LogP contribution in [-0.2, 0) is 0 Å². The van der Waals surface area contributed by atoms with E-state index in [4.69, 9.17) is 0 Å². The zero-order chi connectivity index (χ0) is 12.5. The molecule has 1 aliphatic rings. The van der Waals surface area contributed by atoms with Crippen molar-refractivity contribution in [3.8, 4) is 11.5 Å². The van der Waals surface area contributed by atoms with Crippen molar-refractivity contribution in [2.45, 2.75) is 38.5 Å². The third-order valence-corrected chi connectivity index (χ3v) is 4.17. The monoisotopic (exact) mass is 261 g/mol. The number of nitrogens with one attached hydrogen (secondary N) is 1. The minimum atomic E-state index is -0.0763. The van der Waals surface area contributed by atoms with Crippen LogP contribution in [0, 0.1) is 6.92 Å². The number of aromatic nitrogens is 3. The van der Waals surface area contributed by atoms with Gasteiger partial charge in [-0.25, -0.2) is 9.97 Å². The molecule has 18 heavy (non-hydrogen) atoms. The summed E-state index contributed by atoms with van der Waals surface area (Å²) in [6.07, 6.45) is 4.77. The van der Waals surface area contributed by atoms with Crippen molar-refractivity contribution in [1.29, 1.82) is 0 Å². The van der Waals surface area contributed by atoms with Gasteiger partial charge in [0.2, 0.25) is 0 Å². The highest BCUT2D eigenvalue weighted by Crippen LogP contribution is 2.32. The maximum absolute atomic E-state index is 11.7. The normalized spacial score (nSPS) is 16.3. The molecule has 94 valence electrons. The number of rotatable bonds is 2. The second kappa shape index (κ2) is 4.65. The van der Waals surface area contributed by atoms with Gasteiger partial charge in [0, 0.05) is 17.4 Å². The summed E-state index contributed by atoms with van der Waals surface area (Å²) in [4.78, 5) is 23.5. The Hall–Kier alpha value is -1.49. The number of aromatic amines is 1. The average Bonchev–Trinajstić information content (AvgIpc) is 2.98. The van der Waals surface area contributed by atoms with Crippen molar-refractivity contribution in [3.63, 3.8) is 0 Å². The topological polar surface area (TPSA) is 58.6 Å². The van der Waals surface area contributed by atoms with Crippen LogP contribution in [0.2, 0.25) is 0 Å². The Morgan fingerprint density at radius 2 is 2.11 bits per heavy atom. The van der Waals surface area contributed by atoms with E-state index in [0.717, 1.165) is 29.2 Å². The highest BCUT2D eigenvalue weighted by Gasteiger charge is 2.20. The fourth-order valence-electron chi connectivity index (χ4n) is 2.50. The zero-order valence-corrected chi connectivity index (χ0v) is 11.1. The molecule has 0 saturated heterocycles. The Balaban J connectivity index is 2.02. The molecule has 1 N–H and O–H groups in total. The van der Waals surface area contributed by atoms with E-state index >= 15 is 0 Å². The van der Waals surface area contributed by atoms with E-state index in [2.05, 4.69) is 15.0 Å². The minimum absolute atomic E-state index is 0.0763. The maximum atomic E-state index is 11.7. The van der Waals surface area contributed by atoms with Crippen LogP contribution in [0.4, 0.5) is 0 Å². The van der Waals surface area contributed by atoms with E-state index in [-0.39, 0.29) is 5.56 Å². The van der Waals surface area contributed by atoms with Crippen LogP contribution in [0.1, 0.15) is 42.3 Å². The van der Waals surface area contributed by atoms with Gasteiger partial charge < -0.3 is 4.98 Å². The lowest BCUT2D eigenvalue weighted by molar-refractivity contribution is 0.693. The predicted molar refractivity (Wildman–Crippen MR) is 71.9 cm³/mol. The first-order valence-electron chi connectivity index (χ1n) is 6.26. The molecule has 4 nitrogen and oxygen atoms in total. The molecule has 0 aliphatic heterocycles. The summed E-state index contributed by atoms with van der Waals surface area (Å²) in [5.41, 5.74) is 1.62. The molecule has 1 fully saturated rings. The molecule has 2 heterocycles. The van der Waals surface area contributed by atoms with E-state index in [9.17, 15) is 4.79 Å². The molecular weight excluding hydrogens is 246 g/mol. The van der Waals surface area contributed by atoms with Crippen molar-refractivity contribution in [2.24, 2.45) is 0 Å². The number of hydrogen-bond acceptors (Lipinski definition) is 4. The van der Waals surface area contributed by atoms with Crippen LogP contribution in [0.25, 0.3) is 11.5 Å². The third-order valence-electron chi connectivity index (χ3n) is 3.40. The fourth-order valence-corrected chi connectivity index (χ4v) is 3.10. The SMILES string of the molecule is Cc1nc(-c2nc(C3CCCC3)cc(=O)[nH]2)cs1. The summed E-state index contributed by atoms with van der Waals surface area (Å²) in [5.74, 6) is 1.06. The van der Waals surface area contributed by atoms with Crippen LogP contribution in [0.15, 0.2) is 16.2 Å². The summed E-state index contributed by atoms with van der Waals surface area (Å²) in [6.45, 7) is 1.95. The minimum Gasteiger partial charge on any atom is -0.305 e. The maximum Gasteiger partial charge on any atom is 0.251 e. The molecule has 3 rings (SSSR count). The molecule has 2 aromatic heterocycles. The summed E-state index contributed by atoms with van der Waals surface area (Å²) < 4.78 is 0. The second-order valence-corrected chi connectivity index (χ2v) is 5.81. The van der Waals surface area contributed by atoms with Crippen LogP contribution in [0.5, 0.6) is 0 Å². The average molecular weight is 261 g/mol. The van der Waals surface area contributed by atoms with Crippen LogP contribution < -0.4 is 5.56 Å². The Labute approximate surface area is 109 Å². The smallest absolute Gasteiger partial charge is 0.251 e. The van der Waals surface area contributed by atoms with E-state index in [0.29, 0.717) is 11.7 Å². The molecule has 0 atom stereocenters. The first kappa shape index (κ1) is 11.6. The Morgan fingerprint density at radius 1 is 1.33 bits per heavy atom. The number of nitrogens with zero attached hydrogens (tertiary/aromatic N) is 2. The van der Waals surface area contributed by atoms with Crippen molar-refractivity contribution < 1.29 is 0 Å². The largest absolute Gasteiger partial charge is 0.305 e. The van der Waals surface area contributed by atoms with Gasteiger partial charge in [0.05, 0.1) is 10.7 Å². The van der Waals surface area contributed by atoms with Crippen LogP contribution >= 0.6 is 11.3 Å². The van der Waals surface area contributed by atoms with Gasteiger partial charge in [-0.15, -0.1) is 11.3 Å². The van der Waals surface area contributed by atoms with Gasteiger partial charge in [0.15, 0.2) is 5.82 Å². The van der Waals surface area contributed by atoms with E-state index < -0.39 is 0 Å². The lowest BCUT2D eigenvalue weighted by Crippen LogP contribution is -2.12. The number of aryl methyl sites for hydroxylation is 1. The molecule has 0 radical (unpaired) electrons. The molecule has 5 heteroatoms. The number of hydrogen-bond donors (Lipinski definition) is 1. The lowest BCUT2D eigenvalue weighted by atomic mass is 10.0. The molecule has 1 saturated carbocycles. The van der Waals surface area contributed by atoms with Crippen molar-refractivity contribution in [1.82, 2.24) is 15.0 Å². The molecule has 0 bridgehead atoms. The van der Waals surface area contributed by atoms with Crippen molar-refractivity contribution >= 4 is 11.3 Å². The Bertz CT molecular complexity index is 611. The Kier molecular flexibility index (Phi) is 2.99. The lowest BCUT2D eigenvalue weighted by Gasteiger charge is -2.08. The molecular formula is C13H15N3OS. The predicted octanol–water partition coefficient (Wildman–Crippen LogP) is 2.86. The molecule has 0 aromatic carbocycles. The van der Waals surface area contributed by atoms with E-state index in [1.54, 1.807) is 17.4 Å². The van der Waals surface area contributed by atoms with E-state index in [1.165, 1.54) is 12.8 Å². The quantitative estimate of drug-likeness (QED) is 0.904. The molecule has 0 amide bonds. The third kappa shape index (κ3) is 2.22. The summed E-state index contributed by atoms with van der Waals surface area (Å²) in [5, 5.41) is 2.92. The first-order valence-corrected chi connectivity index (χ1v) is 7.14. The van der Waals surface area contributed by atoms with Gasteiger partial charge in [-0.2, -0.15) is 0 Å². The molecule has 0 unspecified atom stereocenters. The zero-order valence-electron chi connectivity index (χ0n) is 10.3. The van der Waals surface area contributed by atoms with E-state index in [1.807, 2.05) is 12.3 Å². The first-order chi connectivity index (χ1) is 8.72. The second-order valence-electron chi connectivity index (χ2n) is 4.75. The number of H-pyrrole nitrogens is 1. The summed E-state index contributed by atoms with van der Waals surface area (Å²) >= 11 is 1.57. The van der Waals surface area contributed by atoms with Crippen LogP contribution in [0.3, 0.4) is 0 Å². The Morgan fingerprint density at radius 3 is 2.78 bits per heavy atom. The van der Waals surface area contributed by atoms with Gasteiger partial charge in [-0.05, 0) is 19.8 Å². The standard InChI is InChI=1S/C13H15N3OS/c1-8-14-11(7-18-8)13-15-10(6-12(17)16-13)9-4-2-3-5-9/h6-7,9H,2-5H2,1H3,(H,15,16,17).